The van der Waals surface area contributed by atoms with Gasteiger partial charge in [-0.2, -0.15) is 4.31 Å². The normalized spacial score (nSPS) is 12.0. The van der Waals surface area contributed by atoms with E-state index in [1.54, 1.807) is 30.3 Å². The molecule has 0 spiro atoms. The van der Waals surface area contributed by atoms with E-state index in [1.165, 1.54) is 10.4 Å². The SMILES string of the molecule is CCNC(=O)/C=C/c1ccc(S(=O)(=O)N(CC)CC)cc1. The van der Waals surface area contributed by atoms with Crippen molar-refractivity contribution in [3.8, 4) is 0 Å². The van der Waals surface area contributed by atoms with E-state index in [9.17, 15) is 13.2 Å². The Kier molecular flexibility index (Phi) is 6.58. The molecule has 1 amide bonds. The highest BCUT2D eigenvalue weighted by Gasteiger charge is 2.20. The van der Waals surface area contributed by atoms with E-state index >= 15 is 0 Å². The molecule has 0 radical (unpaired) electrons. The van der Waals surface area contributed by atoms with Crippen LogP contribution in [0.3, 0.4) is 0 Å². The number of rotatable bonds is 7. The Morgan fingerprint density at radius 2 is 1.71 bits per heavy atom. The molecule has 0 saturated carbocycles. The lowest BCUT2D eigenvalue weighted by Gasteiger charge is -2.18. The summed E-state index contributed by atoms with van der Waals surface area (Å²) in [5, 5.41) is 2.65. The first-order chi connectivity index (χ1) is 9.95. The highest BCUT2D eigenvalue weighted by atomic mass is 32.2. The van der Waals surface area contributed by atoms with E-state index < -0.39 is 10.0 Å². The molecule has 0 aromatic heterocycles. The van der Waals surface area contributed by atoms with E-state index in [-0.39, 0.29) is 10.8 Å². The van der Waals surface area contributed by atoms with Crippen LogP contribution in [0.15, 0.2) is 35.2 Å². The van der Waals surface area contributed by atoms with Gasteiger partial charge in [-0.3, -0.25) is 4.79 Å². The molecule has 1 N–H and O–H groups in total. The van der Waals surface area contributed by atoms with Crippen molar-refractivity contribution in [3.63, 3.8) is 0 Å². The summed E-state index contributed by atoms with van der Waals surface area (Å²) < 4.78 is 26.0. The van der Waals surface area contributed by atoms with Gasteiger partial charge < -0.3 is 5.32 Å². The fourth-order valence-electron chi connectivity index (χ4n) is 1.87. The van der Waals surface area contributed by atoms with Gasteiger partial charge in [0.1, 0.15) is 0 Å². The zero-order valence-electron chi connectivity index (χ0n) is 12.7. The number of amides is 1. The Morgan fingerprint density at radius 3 is 2.19 bits per heavy atom. The fourth-order valence-corrected chi connectivity index (χ4v) is 3.33. The third-order valence-electron chi connectivity index (χ3n) is 3.00. The van der Waals surface area contributed by atoms with Crippen molar-refractivity contribution in [1.29, 1.82) is 0 Å². The van der Waals surface area contributed by atoms with Crippen LogP contribution in [0.4, 0.5) is 0 Å². The summed E-state index contributed by atoms with van der Waals surface area (Å²) in [5.41, 5.74) is 0.778. The van der Waals surface area contributed by atoms with Crippen molar-refractivity contribution < 1.29 is 13.2 Å². The van der Waals surface area contributed by atoms with Gasteiger partial charge in [0.25, 0.3) is 0 Å². The first kappa shape index (κ1) is 17.4. The molecule has 0 fully saturated rings. The lowest BCUT2D eigenvalue weighted by atomic mass is 10.2. The lowest BCUT2D eigenvalue weighted by Crippen LogP contribution is -2.30. The van der Waals surface area contributed by atoms with Crippen molar-refractivity contribution in [3.05, 3.63) is 35.9 Å². The Morgan fingerprint density at radius 1 is 1.14 bits per heavy atom. The average molecular weight is 310 g/mol. The third kappa shape index (κ3) is 4.68. The summed E-state index contributed by atoms with van der Waals surface area (Å²) >= 11 is 0. The minimum absolute atomic E-state index is 0.169. The van der Waals surface area contributed by atoms with Crippen molar-refractivity contribution in [2.45, 2.75) is 25.7 Å². The molecule has 1 rings (SSSR count). The molecule has 21 heavy (non-hydrogen) atoms. The maximum atomic E-state index is 12.3. The number of carbonyl (C=O) groups excluding carboxylic acids is 1. The van der Waals surface area contributed by atoms with Crippen LogP contribution < -0.4 is 5.32 Å². The molecule has 0 bridgehead atoms. The molecule has 0 atom stereocenters. The van der Waals surface area contributed by atoms with E-state index in [1.807, 2.05) is 20.8 Å². The maximum Gasteiger partial charge on any atom is 0.243 e. The van der Waals surface area contributed by atoms with Gasteiger partial charge in [0.15, 0.2) is 0 Å². The van der Waals surface area contributed by atoms with Crippen molar-refractivity contribution in [1.82, 2.24) is 9.62 Å². The number of benzene rings is 1. The number of likely N-dealkylation sites (N-methyl/N-ethyl adjacent to an activating group) is 1. The smallest absolute Gasteiger partial charge is 0.243 e. The summed E-state index contributed by atoms with van der Waals surface area (Å²) in [6.45, 7) is 6.92. The standard InChI is InChI=1S/C15H22N2O3S/c1-4-16-15(18)12-9-13-7-10-14(11-8-13)21(19,20)17(5-2)6-3/h7-12H,4-6H2,1-3H3,(H,16,18)/b12-9+. The van der Waals surface area contributed by atoms with Gasteiger partial charge in [0.05, 0.1) is 4.90 Å². The number of sulfonamides is 1. The van der Waals surface area contributed by atoms with Crippen LogP contribution in [0.5, 0.6) is 0 Å². The zero-order chi connectivity index (χ0) is 15.9. The predicted molar refractivity (Wildman–Crippen MR) is 84.3 cm³/mol. The second-order valence-electron chi connectivity index (χ2n) is 4.39. The van der Waals surface area contributed by atoms with Crippen molar-refractivity contribution in [2.24, 2.45) is 0 Å². The van der Waals surface area contributed by atoms with Gasteiger partial charge in [0, 0.05) is 25.7 Å². The topological polar surface area (TPSA) is 66.5 Å². The molecular weight excluding hydrogens is 288 g/mol. The number of nitrogens with one attached hydrogen (secondary N) is 1. The number of hydrogen-bond acceptors (Lipinski definition) is 3. The predicted octanol–water partition coefficient (Wildman–Crippen LogP) is 1.87. The quantitative estimate of drug-likeness (QED) is 0.782. The van der Waals surface area contributed by atoms with Crippen LogP contribution in [0.25, 0.3) is 6.08 Å². The monoisotopic (exact) mass is 310 g/mol. The van der Waals surface area contributed by atoms with Gasteiger partial charge in [-0.25, -0.2) is 8.42 Å². The van der Waals surface area contributed by atoms with E-state index in [0.717, 1.165) is 5.56 Å². The summed E-state index contributed by atoms with van der Waals surface area (Å²) in [6.07, 6.45) is 3.08. The molecule has 116 valence electrons. The van der Waals surface area contributed by atoms with E-state index in [4.69, 9.17) is 0 Å². The average Bonchev–Trinajstić information content (AvgIpc) is 2.47. The molecule has 0 heterocycles. The van der Waals surface area contributed by atoms with Crippen LogP contribution in [0.1, 0.15) is 26.3 Å². The molecule has 0 aliphatic heterocycles. The first-order valence-electron chi connectivity index (χ1n) is 7.01. The Labute approximate surface area is 126 Å². The summed E-state index contributed by atoms with van der Waals surface area (Å²) in [6, 6.07) is 6.49. The molecule has 0 aliphatic carbocycles. The Bertz CT molecular complexity index is 588. The summed E-state index contributed by atoms with van der Waals surface area (Å²) in [5.74, 6) is -0.169. The van der Waals surface area contributed by atoms with Gasteiger partial charge in [-0.05, 0) is 30.7 Å². The van der Waals surface area contributed by atoms with Crippen LogP contribution in [0, 0.1) is 0 Å². The highest BCUT2D eigenvalue weighted by molar-refractivity contribution is 7.89. The third-order valence-corrected chi connectivity index (χ3v) is 5.07. The van der Waals surface area contributed by atoms with Crippen LogP contribution in [-0.4, -0.2) is 38.3 Å². The fraction of sp³-hybridized carbons (Fsp3) is 0.400. The molecule has 1 aromatic carbocycles. The van der Waals surface area contributed by atoms with Gasteiger partial charge in [-0.15, -0.1) is 0 Å². The van der Waals surface area contributed by atoms with Crippen LogP contribution >= 0.6 is 0 Å². The van der Waals surface area contributed by atoms with E-state index in [0.29, 0.717) is 19.6 Å². The Hall–Kier alpha value is -1.66. The van der Waals surface area contributed by atoms with Crippen molar-refractivity contribution >= 4 is 22.0 Å². The molecule has 5 nitrogen and oxygen atoms in total. The van der Waals surface area contributed by atoms with Crippen LogP contribution in [0.2, 0.25) is 0 Å². The first-order valence-corrected chi connectivity index (χ1v) is 8.45. The minimum atomic E-state index is -3.43. The zero-order valence-corrected chi connectivity index (χ0v) is 13.5. The molecule has 0 saturated heterocycles. The number of nitrogens with zero attached hydrogens (tertiary/aromatic N) is 1. The number of hydrogen-bond donors (Lipinski definition) is 1. The minimum Gasteiger partial charge on any atom is -0.353 e. The maximum absolute atomic E-state index is 12.3. The largest absolute Gasteiger partial charge is 0.353 e. The van der Waals surface area contributed by atoms with Crippen LogP contribution in [-0.2, 0) is 14.8 Å². The summed E-state index contributed by atoms with van der Waals surface area (Å²) in [7, 11) is -3.43. The van der Waals surface area contributed by atoms with Gasteiger partial charge in [0.2, 0.25) is 15.9 Å². The highest BCUT2D eigenvalue weighted by Crippen LogP contribution is 2.16. The molecule has 0 aliphatic rings. The second kappa shape index (κ2) is 7.95. The Balaban J connectivity index is 2.90. The number of carbonyl (C=O) groups is 1. The molecular formula is C15H22N2O3S. The molecule has 6 heteroatoms. The van der Waals surface area contributed by atoms with Gasteiger partial charge in [-0.1, -0.05) is 26.0 Å². The molecule has 0 unspecified atom stereocenters. The second-order valence-corrected chi connectivity index (χ2v) is 6.32. The van der Waals surface area contributed by atoms with E-state index in [2.05, 4.69) is 5.32 Å². The molecule has 1 aromatic rings. The summed E-state index contributed by atoms with van der Waals surface area (Å²) in [4.78, 5) is 11.6. The van der Waals surface area contributed by atoms with Crippen molar-refractivity contribution in [2.75, 3.05) is 19.6 Å². The van der Waals surface area contributed by atoms with Gasteiger partial charge >= 0.3 is 0 Å². The lowest BCUT2D eigenvalue weighted by molar-refractivity contribution is -0.116.